The van der Waals surface area contributed by atoms with Gasteiger partial charge in [0.05, 0.1) is 5.52 Å². The fourth-order valence-corrected chi connectivity index (χ4v) is 4.18. The number of hydrogen-bond donors (Lipinski definition) is 1. The average molecular weight is 366 g/mol. The van der Waals surface area contributed by atoms with Gasteiger partial charge in [-0.05, 0) is 47.9 Å². The van der Waals surface area contributed by atoms with E-state index in [1.54, 1.807) is 29.5 Å². The summed E-state index contributed by atoms with van der Waals surface area (Å²) in [6.45, 7) is 1.92. The molecule has 132 valence electrons. The smallest absolute Gasteiger partial charge is 0.408 e. The van der Waals surface area contributed by atoms with Gasteiger partial charge in [0.1, 0.15) is 6.54 Å². The van der Waals surface area contributed by atoms with Gasteiger partial charge >= 0.3 is 5.76 Å². The van der Waals surface area contributed by atoms with Gasteiger partial charge in [-0.2, -0.15) is 0 Å². The molecule has 0 saturated heterocycles. The van der Waals surface area contributed by atoms with E-state index in [1.165, 1.54) is 20.2 Å². The van der Waals surface area contributed by atoms with E-state index in [-0.39, 0.29) is 18.5 Å². The Hall–Kier alpha value is -2.86. The molecule has 1 atom stereocenters. The van der Waals surface area contributed by atoms with E-state index in [1.807, 2.05) is 25.1 Å². The third-order valence-corrected chi connectivity index (χ3v) is 5.38. The Morgan fingerprint density at radius 1 is 1.19 bits per heavy atom. The highest BCUT2D eigenvalue weighted by atomic mass is 32.1. The molecule has 2 heterocycles. The van der Waals surface area contributed by atoms with Gasteiger partial charge in [-0.15, -0.1) is 11.3 Å². The molecule has 0 radical (unpaired) electrons. The Labute approximate surface area is 153 Å². The molecule has 0 fully saturated rings. The van der Waals surface area contributed by atoms with Gasteiger partial charge in [-0.1, -0.05) is 30.3 Å². The maximum Gasteiger partial charge on any atom is 0.420 e. The normalized spacial score (nSPS) is 12.5. The molecular weight excluding hydrogens is 348 g/mol. The predicted molar refractivity (Wildman–Crippen MR) is 104 cm³/mol. The summed E-state index contributed by atoms with van der Waals surface area (Å²) in [7, 11) is 0. The number of oxazole rings is 1. The number of fused-ring (bicyclic) bond motifs is 2. The zero-order chi connectivity index (χ0) is 18.1. The Morgan fingerprint density at radius 3 is 2.85 bits per heavy atom. The van der Waals surface area contributed by atoms with Crippen molar-refractivity contribution < 1.29 is 9.21 Å². The summed E-state index contributed by atoms with van der Waals surface area (Å²) in [5, 5.41) is 6.35. The molecular formula is C20H18N2O3S. The first kappa shape index (κ1) is 16.6. The van der Waals surface area contributed by atoms with E-state index >= 15 is 0 Å². The van der Waals surface area contributed by atoms with Gasteiger partial charge in [0.25, 0.3) is 0 Å². The van der Waals surface area contributed by atoms with E-state index in [9.17, 15) is 9.59 Å². The molecule has 0 bridgehead atoms. The van der Waals surface area contributed by atoms with Gasteiger partial charge in [0.15, 0.2) is 5.58 Å². The number of para-hydroxylation sites is 2. The van der Waals surface area contributed by atoms with Crippen molar-refractivity contribution in [2.75, 3.05) is 0 Å². The van der Waals surface area contributed by atoms with Crippen LogP contribution >= 0.6 is 11.3 Å². The second-order valence-corrected chi connectivity index (χ2v) is 7.26. The maximum absolute atomic E-state index is 12.4. The zero-order valence-electron chi connectivity index (χ0n) is 14.3. The van der Waals surface area contributed by atoms with Crippen molar-refractivity contribution in [1.29, 1.82) is 0 Å². The first-order valence-electron chi connectivity index (χ1n) is 8.44. The fraction of sp³-hybridized carbons (Fsp3) is 0.200. The number of carbonyl (C=O) groups excluding carboxylic acids is 1. The lowest BCUT2D eigenvalue weighted by Crippen LogP contribution is -2.37. The summed E-state index contributed by atoms with van der Waals surface area (Å²) >= 11 is 1.71. The van der Waals surface area contributed by atoms with Gasteiger partial charge in [0.2, 0.25) is 5.91 Å². The lowest BCUT2D eigenvalue weighted by atomic mass is 10.1. The SMILES string of the molecule is C[C@H](Cc1csc2ccccc12)NC(=O)Cn1c(=O)oc2ccccc21. The average Bonchev–Trinajstić information content (AvgIpc) is 3.16. The zero-order valence-corrected chi connectivity index (χ0v) is 15.1. The Bertz CT molecular complexity index is 1140. The van der Waals surface area contributed by atoms with Crippen LogP contribution in [0.4, 0.5) is 0 Å². The van der Waals surface area contributed by atoms with Crippen LogP contribution in [0, 0.1) is 0 Å². The summed E-state index contributed by atoms with van der Waals surface area (Å²) < 4.78 is 7.77. The minimum atomic E-state index is -0.516. The predicted octanol–water partition coefficient (Wildman–Crippen LogP) is 3.56. The van der Waals surface area contributed by atoms with E-state index in [0.717, 1.165) is 6.42 Å². The van der Waals surface area contributed by atoms with E-state index in [4.69, 9.17) is 4.42 Å². The van der Waals surface area contributed by atoms with Crippen molar-refractivity contribution in [2.45, 2.75) is 25.9 Å². The summed E-state index contributed by atoms with van der Waals surface area (Å²) in [6, 6.07) is 15.3. The Morgan fingerprint density at radius 2 is 1.96 bits per heavy atom. The molecule has 5 nitrogen and oxygen atoms in total. The highest BCUT2D eigenvalue weighted by Crippen LogP contribution is 2.26. The second-order valence-electron chi connectivity index (χ2n) is 6.35. The molecule has 0 aliphatic heterocycles. The molecule has 2 aromatic carbocycles. The van der Waals surface area contributed by atoms with E-state index in [2.05, 4.69) is 22.8 Å². The van der Waals surface area contributed by atoms with Crippen molar-refractivity contribution in [3.8, 4) is 0 Å². The molecule has 0 spiro atoms. The molecule has 0 aliphatic rings. The molecule has 1 N–H and O–H groups in total. The van der Waals surface area contributed by atoms with Crippen LogP contribution in [0.3, 0.4) is 0 Å². The molecule has 4 aromatic rings. The number of thiophene rings is 1. The number of rotatable bonds is 5. The van der Waals surface area contributed by atoms with Crippen molar-refractivity contribution in [2.24, 2.45) is 0 Å². The topological polar surface area (TPSA) is 64.2 Å². The van der Waals surface area contributed by atoms with Gasteiger partial charge < -0.3 is 9.73 Å². The van der Waals surface area contributed by atoms with Gasteiger partial charge in [-0.3, -0.25) is 9.36 Å². The van der Waals surface area contributed by atoms with Crippen molar-refractivity contribution in [1.82, 2.24) is 9.88 Å². The second kappa shape index (κ2) is 6.80. The van der Waals surface area contributed by atoms with Crippen molar-refractivity contribution in [3.05, 3.63) is 70.0 Å². The highest BCUT2D eigenvalue weighted by Gasteiger charge is 2.15. The first-order chi connectivity index (χ1) is 12.6. The fourth-order valence-electron chi connectivity index (χ4n) is 3.20. The van der Waals surface area contributed by atoms with Crippen LogP contribution in [0.2, 0.25) is 0 Å². The number of hydrogen-bond acceptors (Lipinski definition) is 4. The summed E-state index contributed by atoms with van der Waals surface area (Å²) in [5.41, 5.74) is 2.34. The molecule has 0 saturated carbocycles. The quantitative estimate of drug-likeness (QED) is 0.587. The number of nitrogens with zero attached hydrogens (tertiary/aromatic N) is 1. The van der Waals surface area contributed by atoms with E-state index in [0.29, 0.717) is 11.1 Å². The van der Waals surface area contributed by atoms with Gasteiger partial charge in [-0.25, -0.2) is 4.79 Å². The molecule has 2 aromatic heterocycles. The lowest BCUT2D eigenvalue weighted by molar-refractivity contribution is -0.122. The Balaban J connectivity index is 1.46. The van der Waals surface area contributed by atoms with Crippen LogP contribution in [0.5, 0.6) is 0 Å². The standard InChI is InChI=1S/C20H18N2O3S/c1-13(10-14-12-26-18-9-5-2-6-15(14)18)21-19(23)11-22-16-7-3-4-8-17(16)25-20(22)24/h2-9,12-13H,10-11H2,1H3,(H,21,23)/t13-/m1/s1. The van der Waals surface area contributed by atoms with Crippen molar-refractivity contribution >= 4 is 38.4 Å². The van der Waals surface area contributed by atoms with Crippen LogP contribution in [-0.2, 0) is 17.8 Å². The summed E-state index contributed by atoms with van der Waals surface area (Å²) in [5.74, 6) is -0.719. The molecule has 4 rings (SSSR count). The first-order valence-corrected chi connectivity index (χ1v) is 9.32. The molecule has 6 heteroatoms. The van der Waals surface area contributed by atoms with Crippen LogP contribution < -0.4 is 11.1 Å². The third kappa shape index (κ3) is 3.15. The lowest BCUT2D eigenvalue weighted by Gasteiger charge is -2.13. The van der Waals surface area contributed by atoms with E-state index < -0.39 is 5.76 Å². The van der Waals surface area contributed by atoms with Crippen molar-refractivity contribution in [3.63, 3.8) is 0 Å². The van der Waals surface area contributed by atoms with Crippen LogP contribution in [0.25, 0.3) is 21.2 Å². The summed E-state index contributed by atoms with van der Waals surface area (Å²) in [4.78, 5) is 24.4. The van der Waals surface area contributed by atoms with Gasteiger partial charge in [0, 0.05) is 10.7 Å². The monoisotopic (exact) mass is 366 g/mol. The number of aromatic nitrogens is 1. The van der Waals surface area contributed by atoms with Crippen LogP contribution in [0.1, 0.15) is 12.5 Å². The third-order valence-electron chi connectivity index (χ3n) is 4.37. The Kier molecular flexibility index (Phi) is 4.34. The highest BCUT2D eigenvalue weighted by molar-refractivity contribution is 7.17. The minimum Gasteiger partial charge on any atom is -0.408 e. The molecule has 0 aliphatic carbocycles. The summed E-state index contributed by atoms with van der Waals surface area (Å²) in [6.07, 6.45) is 0.747. The van der Waals surface area contributed by atoms with Crippen LogP contribution in [0.15, 0.2) is 63.1 Å². The number of benzene rings is 2. The molecule has 0 unspecified atom stereocenters. The largest absolute Gasteiger partial charge is 0.420 e. The molecule has 26 heavy (non-hydrogen) atoms. The number of nitrogens with one attached hydrogen (secondary N) is 1. The molecule has 1 amide bonds. The maximum atomic E-state index is 12.4. The van der Waals surface area contributed by atoms with Crippen LogP contribution in [-0.4, -0.2) is 16.5 Å². The number of amides is 1. The minimum absolute atomic E-state index is 0.0330. The number of carbonyl (C=O) groups is 1.